The molecule has 4 rings (SSSR count). The van der Waals surface area contributed by atoms with E-state index in [0.29, 0.717) is 17.2 Å². The standard InChI is InChI=1S/C17H15N3O5S/c21-17(18-9-11-5-6-13-14(7-11)25-10-24-13)8-16-19-12-3-1-2-4-15(12)26(22,23)20-16/h1-7H,8-10H2,(H,18,21)(H,19,20). The highest BCUT2D eigenvalue weighted by Crippen LogP contribution is 2.32. The molecule has 2 aliphatic rings. The molecule has 2 heterocycles. The smallest absolute Gasteiger partial charge is 0.286 e. The summed E-state index contributed by atoms with van der Waals surface area (Å²) in [6, 6.07) is 11.8. The number of benzene rings is 2. The minimum absolute atomic E-state index is 0.0897. The molecule has 8 nitrogen and oxygen atoms in total. The summed E-state index contributed by atoms with van der Waals surface area (Å²) in [7, 11) is -3.80. The molecule has 0 unspecified atom stereocenters. The summed E-state index contributed by atoms with van der Waals surface area (Å²) in [4.78, 5) is 12.3. The number of nitrogens with one attached hydrogen (secondary N) is 2. The number of hydrogen-bond donors (Lipinski definition) is 2. The number of sulfonamides is 1. The number of carbonyl (C=O) groups excluding carboxylic acids is 1. The lowest BCUT2D eigenvalue weighted by atomic mass is 10.2. The minimum Gasteiger partial charge on any atom is -0.454 e. The van der Waals surface area contributed by atoms with Gasteiger partial charge in [-0.05, 0) is 29.8 Å². The van der Waals surface area contributed by atoms with Crippen LogP contribution in [-0.4, -0.2) is 27.0 Å². The molecule has 134 valence electrons. The van der Waals surface area contributed by atoms with Crippen LogP contribution in [0.5, 0.6) is 11.5 Å². The Balaban J connectivity index is 1.40. The van der Waals surface area contributed by atoms with Gasteiger partial charge in [0, 0.05) is 6.54 Å². The van der Waals surface area contributed by atoms with Gasteiger partial charge in [-0.15, -0.1) is 4.40 Å². The monoisotopic (exact) mass is 373 g/mol. The maximum atomic E-state index is 12.2. The molecule has 26 heavy (non-hydrogen) atoms. The van der Waals surface area contributed by atoms with E-state index in [4.69, 9.17) is 9.47 Å². The molecule has 0 fully saturated rings. The molecule has 2 aromatic rings. The first kappa shape index (κ1) is 16.4. The van der Waals surface area contributed by atoms with E-state index in [1.807, 2.05) is 6.07 Å². The van der Waals surface area contributed by atoms with Crippen molar-refractivity contribution in [3.8, 4) is 11.5 Å². The Hall–Kier alpha value is -3.07. The van der Waals surface area contributed by atoms with Crippen molar-refractivity contribution < 1.29 is 22.7 Å². The van der Waals surface area contributed by atoms with Gasteiger partial charge < -0.3 is 20.1 Å². The molecule has 0 aromatic heterocycles. The predicted molar refractivity (Wildman–Crippen MR) is 93.7 cm³/mol. The van der Waals surface area contributed by atoms with Gasteiger partial charge in [-0.1, -0.05) is 18.2 Å². The van der Waals surface area contributed by atoms with E-state index in [9.17, 15) is 13.2 Å². The molecule has 0 saturated carbocycles. The second kappa shape index (κ2) is 6.34. The molecule has 2 aromatic carbocycles. The molecule has 0 aliphatic carbocycles. The van der Waals surface area contributed by atoms with Crippen LogP contribution in [0.4, 0.5) is 5.69 Å². The van der Waals surface area contributed by atoms with Crippen molar-refractivity contribution in [2.75, 3.05) is 12.1 Å². The van der Waals surface area contributed by atoms with Crippen LogP contribution in [0.2, 0.25) is 0 Å². The van der Waals surface area contributed by atoms with Crippen molar-refractivity contribution in [2.45, 2.75) is 17.9 Å². The van der Waals surface area contributed by atoms with E-state index in [-0.39, 0.29) is 36.4 Å². The molecule has 0 spiro atoms. The van der Waals surface area contributed by atoms with Gasteiger partial charge in [-0.3, -0.25) is 4.79 Å². The number of amidine groups is 1. The molecule has 0 radical (unpaired) electrons. The van der Waals surface area contributed by atoms with Crippen LogP contribution in [0.3, 0.4) is 0 Å². The first-order valence-electron chi connectivity index (χ1n) is 7.86. The number of ether oxygens (including phenoxy) is 2. The maximum absolute atomic E-state index is 12.2. The summed E-state index contributed by atoms with van der Waals surface area (Å²) in [6.07, 6.45) is -0.169. The zero-order chi connectivity index (χ0) is 18.1. The highest BCUT2D eigenvalue weighted by atomic mass is 32.2. The fourth-order valence-corrected chi connectivity index (χ4v) is 3.86. The van der Waals surface area contributed by atoms with Crippen molar-refractivity contribution in [3.05, 3.63) is 48.0 Å². The fourth-order valence-electron chi connectivity index (χ4n) is 2.71. The van der Waals surface area contributed by atoms with Crippen LogP contribution in [0.25, 0.3) is 0 Å². The van der Waals surface area contributed by atoms with Gasteiger partial charge in [0.05, 0.1) is 12.1 Å². The zero-order valence-corrected chi connectivity index (χ0v) is 14.4. The Morgan fingerprint density at radius 1 is 1.15 bits per heavy atom. The largest absolute Gasteiger partial charge is 0.454 e. The number of nitrogens with zero attached hydrogens (tertiary/aromatic N) is 1. The van der Waals surface area contributed by atoms with Gasteiger partial charge in [0.15, 0.2) is 11.5 Å². The van der Waals surface area contributed by atoms with Crippen LogP contribution in [0.15, 0.2) is 51.8 Å². The SMILES string of the molecule is O=C(CC1=NS(=O)(=O)c2ccccc2N1)NCc1ccc2c(c1)OCO2. The second-order valence-corrected chi connectivity index (χ2v) is 7.35. The Labute approximate surface area is 149 Å². The third-order valence-electron chi connectivity index (χ3n) is 3.93. The van der Waals surface area contributed by atoms with E-state index in [1.54, 1.807) is 30.3 Å². The van der Waals surface area contributed by atoms with Crippen molar-refractivity contribution in [1.82, 2.24) is 5.32 Å². The minimum atomic E-state index is -3.80. The second-order valence-electron chi connectivity index (χ2n) is 5.78. The number of carbonyl (C=O) groups is 1. The zero-order valence-electron chi connectivity index (χ0n) is 13.6. The van der Waals surface area contributed by atoms with Crippen LogP contribution >= 0.6 is 0 Å². The van der Waals surface area contributed by atoms with E-state index in [1.165, 1.54) is 6.07 Å². The molecule has 0 saturated heterocycles. The van der Waals surface area contributed by atoms with E-state index >= 15 is 0 Å². The first-order chi connectivity index (χ1) is 12.5. The quantitative estimate of drug-likeness (QED) is 0.844. The van der Waals surface area contributed by atoms with Crippen molar-refractivity contribution >= 4 is 27.5 Å². The molecule has 1 amide bonds. The van der Waals surface area contributed by atoms with E-state index in [0.717, 1.165) is 5.56 Å². The van der Waals surface area contributed by atoms with Crippen LogP contribution in [0.1, 0.15) is 12.0 Å². The summed E-state index contributed by atoms with van der Waals surface area (Å²) in [5.41, 5.74) is 1.26. The molecular weight excluding hydrogens is 358 g/mol. The molecule has 0 atom stereocenters. The lowest BCUT2D eigenvalue weighted by Crippen LogP contribution is -2.30. The van der Waals surface area contributed by atoms with Gasteiger partial charge in [-0.25, -0.2) is 0 Å². The number of amides is 1. The summed E-state index contributed by atoms with van der Waals surface area (Å²) in [5, 5.41) is 5.63. The van der Waals surface area contributed by atoms with Gasteiger partial charge in [-0.2, -0.15) is 8.42 Å². The number of rotatable bonds is 4. The molecule has 2 N–H and O–H groups in total. The van der Waals surface area contributed by atoms with Crippen LogP contribution in [-0.2, 0) is 21.4 Å². The molecule has 9 heteroatoms. The Morgan fingerprint density at radius 3 is 2.85 bits per heavy atom. The average Bonchev–Trinajstić information content (AvgIpc) is 3.07. The summed E-state index contributed by atoms with van der Waals surface area (Å²) in [5.74, 6) is 1.05. The van der Waals surface area contributed by atoms with Crippen LogP contribution < -0.4 is 20.1 Å². The van der Waals surface area contributed by atoms with Crippen molar-refractivity contribution in [3.63, 3.8) is 0 Å². The number of hydrogen-bond acceptors (Lipinski definition) is 6. The van der Waals surface area contributed by atoms with Crippen molar-refractivity contribution in [2.24, 2.45) is 4.40 Å². The Kier molecular flexibility index (Phi) is 4.00. The van der Waals surface area contributed by atoms with Gasteiger partial charge >= 0.3 is 0 Å². The lowest BCUT2D eigenvalue weighted by molar-refractivity contribution is -0.120. The van der Waals surface area contributed by atoms with Gasteiger partial charge in [0.1, 0.15) is 10.7 Å². The summed E-state index contributed by atoms with van der Waals surface area (Å²) < 4.78 is 38.5. The van der Waals surface area contributed by atoms with Crippen molar-refractivity contribution in [1.29, 1.82) is 0 Å². The average molecular weight is 373 g/mol. The molecular formula is C17H15N3O5S. The predicted octanol–water partition coefficient (Wildman–Crippen LogP) is 1.63. The lowest BCUT2D eigenvalue weighted by Gasteiger charge is -2.17. The number of anilines is 1. The Morgan fingerprint density at radius 2 is 1.96 bits per heavy atom. The number of fused-ring (bicyclic) bond motifs is 2. The van der Waals surface area contributed by atoms with Gasteiger partial charge in [0.25, 0.3) is 10.0 Å². The highest BCUT2D eigenvalue weighted by Gasteiger charge is 2.25. The summed E-state index contributed by atoms with van der Waals surface area (Å²) in [6.45, 7) is 0.471. The third kappa shape index (κ3) is 3.21. The molecule has 2 aliphatic heterocycles. The maximum Gasteiger partial charge on any atom is 0.286 e. The topological polar surface area (TPSA) is 106 Å². The van der Waals surface area contributed by atoms with E-state index in [2.05, 4.69) is 15.0 Å². The fraction of sp³-hybridized carbons (Fsp3) is 0.176. The molecule has 0 bridgehead atoms. The van der Waals surface area contributed by atoms with Crippen LogP contribution in [0, 0.1) is 0 Å². The highest BCUT2D eigenvalue weighted by molar-refractivity contribution is 7.90. The van der Waals surface area contributed by atoms with Gasteiger partial charge in [0.2, 0.25) is 12.7 Å². The summed E-state index contributed by atoms with van der Waals surface area (Å²) >= 11 is 0. The van der Waals surface area contributed by atoms with E-state index < -0.39 is 10.0 Å². The number of para-hydroxylation sites is 1. The normalized spacial score (nSPS) is 16.2. The first-order valence-corrected chi connectivity index (χ1v) is 9.30. The Bertz CT molecular complexity index is 1020. The third-order valence-corrected chi connectivity index (χ3v) is 5.30.